The van der Waals surface area contributed by atoms with E-state index in [0.717, 1.165) is 6.42 Å². The first kappa shape index (κ1) is 39.9. The zero-order chi connectivity index (χ0) is 39.5. The number of benzene rings is 2. The minimum Gasteiger partial charge on any atom is -0.461 e. The maximum atomic E-state index is 12.8. The van der Waals surface area contributed by atoms with E-state index in [0.29, 0.717) is 60.6 Å². The summed E-state index contributed by atoms with van der Waals surface area (Å²) in [5, 5.41) is 19.1. The molecule has 0 atom stereocenters. The van der Waals surface area contributed by atoms with Crippen molar-refractivity contribution in [1.29, 1.82) is 0 Å². The summed E-state index contributed by atoms with van der Waals surface area (Å²) in [6.07, 6.45) is 5.42. The molecule has 15 nitrogen and oxygen atoms in total. The molecule has 3 amide bonds. The van der Waals surface area contributed by atoms with Crippen molar-refractivity contribution in [2.75, 3.05) is 33.4 Å². The smallest absolute Gasteiger partial charge is 0.273 e. The number of hydrogen-bond acceptors (Lipinski definition) is 12. The standard InChI is InChI=1S/C16H14N2O3.C13H13FN2O3.C11H10N2O3/c19-16(17-9-8-12-5-2-1-3-6-12)13-11-15(21-18-13)14-7-4-10-20-14;1-18-7-6-15-13(17)11-8-12(19-16-11)9-2-4-10(14)5-3-9;1-2-5-12-11(14)8-7-10(16-13-8)9-4-3-6-15-9/h1-7,10-11H,8-9H2,(H,17,19);2-5,8H,6-7H2,1H3,(H,15,17);2-4,6-7H,1,5H2,(H,12,14). The molecular weight excluding hydrogens is 727 g/mol. The largest absolute Gasteiger partial charge is 0.461 e. The van der Waals surface area contributed by atoms with E-state index in [4.69, 9.17) is 27.1 Å². The highest BCUT2D eigenvalue weighted by molar-refractivity contribution is 5.94. The molecule has 0 aliphatic rings. The third-order valence-electron chi connectivity index (χ3n) is 7.43. The van der Waals surface area contributed by atoms with Gasteiger partial charge in [-0.1, -0.05) is 51.9 Å². The fraction of sp³-hybridized carbons (Fsp3) is 0.150. The third kappa shape index (κ3) is 11.8. The minimum absolute atomic E-state index is 0.176. The first-order chi connectivity index (χ1) is 27.3. The monoisotopic (exact) mass is 764 g/mol. The van der Waals surface area contributed by atoms with E-state index in [1.807, 2.05) is 30.3 Å². The van der Waals surface area contributed by atoms with Gasteiger partial charge in [0.25, 0.3) is 17.7 Å². The van der Waals surface area contributed by atoms with Crippen LogP contribution < -0.4 is 16.0 Å². The van der Waals surface area contributed by atoms with Gasteiger partial charge < -0.3 is 43.1 Å². The Morgan fingerprint density at radius 1 is 0.661 bits per heavy atom. The molecule has 56 heavy (non-hydrogen) atoms. The number of halogens is 1. The SMILES string of the molecule is C=CCNC(=O)c1cc(-c2ccco2)on1.COCCNC(=O)c1cc(-c2ccc(F)cc2)on1.O=C(NCCc1ccccc1)c1cc(-c2ccco2)on1. The number of methoxy groups -OCH3 is 1. The summed E-state index contributed by atoms with van der Waals surface area (Å²) in [4.78, 5) is 35.1. The van der Waals surface area contributed by atoms with E-state index in [2.05, 4.69) is 38.0 Å². The van der Waals surface area contributed by atoms with Gasteiger partial charge in [0.2, 0.25) is 11.5 Å². The second kappa shape index (κ2) is 20.8. The fourth-order valence-corrected chi connectivity index (χ4v) is 4.63. The lowest BCUT2D eigenvalue weighted by Crippen LogP contribution is -2.27. The van der Waals surface area contributed by atoms with Crippen molar-refractivity contribution in [1.82, 2.24) is 31.4 Å². The van der Waals surface area contributed by atoms with Crippen molar-refractivity contribution >= 4 is 17.7 Å². The maximum Gasteiger partial charge on any atom is 0.273 e. The average molecular weight is 765 g/mol. The van der Waals surface area contributed by atoms with Crippen LogP contribution in [0.15, 0.2) is 145 Å². The Kier molecular flexibility index (Phi) is 14.8. The van der Waals surface area contributed by atoms with Gasteiger partial charge in [-0.05, 0) is 60.5 Å². The molecule has 7 rings (SSSR count). The molecule has 0 aliphatic heterocycles. The first-order valence-corrected chi connectivity index (χ1v) is 17.1. The number of rotatable bonds is 14. The zero-order valence-electron chi connectivity index (χ0n) is 30.1. The van der Waals surface area contributed by atoms with Gasteiger partial charge in [-0.2, -0.15) is 0 Å². The molecule has 0 saturated carbocycles. The summed E-state index contributed by atoms with van der Waals surface area (Å²) < 4.78 is 43.0. The number of carbonyl (C=O) groups excluding carboxylic acids is 3. The Balaban J connectivity index is 0.000000162. The van der Waals surface area contributed by atoms with Crippen molar-refractivity contribution in [3.63, 3.8) is 0 Å². The van der Waals surface area contributed by atoms with Crippen LogP contribution in [-0.4, -0.2) is 66.5 Å². The summed E-state index contributed by atoms with van der Waals surface area (Å²) in [7, 11) is 1.55. The number of ether oxygens (including phenoxy) is 1. The second-order valence-electron chi connectivity index (χ2n) is 11.4. The predicted octanol–water partition coefficient (Wildman–Crippen LogP) is 6.61. The predicted molar refractivity (Wildman–Crippen MR) is 200 cm³/mol. The van der Waals surface area contributed by atoms with Crippen LogP contribution in [0.25, 0.3) is 34.4 Å². The Morgan fingerprint density at radius 3 is 1.70 bits per heavy atom. The number of carbonyl (C=O) groups is 3. The van der Waals surface area contributed by atoms with Gasteiger partial charge in [-0.15, -0.1) is 6.58 Å². The van der Waals surface area contributed by atoms with E-state index in [1.54, 1.807) is 55.7 Å². The van der Waals surface area contributed by atoms with Crippen LogP contribution in [0.2, 0.25) is 0 Å². The number of aromatic nitrogens is 3. The lowest BCUT2D eigenvalue weighted by atomic mass is 10.1. The topological polar surface area (TPSA) is 201 Å². The lowest BCUT2D eigenvalue weighted by Gasteiger charge is -2.02. The Bertz CT molecular complexity index is 2240. The van der Waals surface area contributed by atoms with Gasteiger partial charge in [0, 0.05) is 50.5 Å². The van der Waals surface area contributed by atoms with Crippen LogP contribution in [0.5, 0.6) is 0 Å². The van der Waals surface area contributed by atoms with Gasteiger partial charge in [0.1, 0.15) is 5.82 Å². The first-order valence-electron chi connectivity index (χ1n) is 17.1. The van der Waals surface area contributed by atoms with Gasteiger partial charge >= 0.3 is 0 Å². The zero-order valence-corrected chi connectivity index (χ0v) is 30.1. The van der Waals surface area contributed by atoms with Crippen molar-refractivity contribution in [3.05, 3.63) is 151 Å². The van der Waals surface area contributed by atoms with Crippen LogP contribution in [0.1, 0.15) is 37.0 Å². The molecule has 5 aromatic heterocycles. The molecule has 0 radical (unpaired) electrons. The van der Waals surface area contributed by atoms with Crippen LogP contribution in [0, 0.1) is 5.82 Å². The molecule has 2 aromatic carbocycles. The molecule has 0 spiro atoms. The van der Waals surface area contributed by atoms with Gasteiger partial charge in [0.05, 0.1) is 19.1 Å². The Labute approximate surface area is 319 Å². The molecule has 0 saturated heterocycles. The molecule has 16 heteroatoms. The summed E-state index contributed by atoms with van der Waals surface area (Å²) in [6.45, 7) is 5.26. The van der Waals surface area contributed by atoms with Gasteiger partial charge in [-0.3, -0.25) is 14.4 Å². The van der Waals surface area contributed by atoms with E-state index >= 15 is 0 Å². The molecule has 0 fully saturated rings. The Morgan fingerprint density at radius 2 is 1.18 bits per heavy atom. The van der Waals surface area contributed by atoms with Crippen molar-refractivity contribution < 1.29 is 45.9 Å². The number of amides is 3. The van der Waals surface area contributed by atoms with E-state index in [9.17, 15) is 18.8 Å². The highest BCUT2D eigenvalue weighted by Crippen LogP contribution is 2.22. The van der Waals surface area contributed by atoms with Crippen molar-refractivity contribution in [3.8, 4) is 34.4 Å². The molecule has 0 bridgehead atoms. The number of nitrogens with one attached hydrogen (secondary N) is 3. The molecule has 0 unspecified atom stereocenters. The average Bonchev–Trinajstić information content (AvgIpc) is 4.07. The van der Waals surface area contributed by atoms with E-state index in [-0.39, 0.29) is 40.6 Å². The molecule has 3 N–H and O–H groups in total. The number of hydrogen-bond donors (Lipinski definition) is 3. The summed E-state index contributed by atoms with van der Waals surface area (Å²) in [5.74, 6) is 1.13. The van der Waals surface area contributed by atoms with Gasteiger partial charge in [0.15, 0.2) is 34.4 Å². The second-order valence-corrected chi connectivity index (χ2v) is 11.4. The highest BCUT2D eigenvalue weighted by Gasteiger charge is 2.16. The van der Waals surface area contributed by atoms with Crippen LogP contribution in [0.3, 0.4) is 0 Å². The summed E-state index contributed by atoms with van der Waals surface area (Å²) in [5.41, 5.74) is 2.47. The quantitative estimate of drug-likeness (QED) is 0.0791. The molecular formula is C40H37FN6O9. The molecule has 7 aromatic rings. The summed E-state index contributed by atoms with van der Waals surface area (Å²) >= 11 is 0. The number of furan rings is 2. The minimum atomic E-state index is -0.339. The molecule has 5 heterocycles. The normalized spacial score (nSPS) is 10.3. The van der Waals surface area contributed by atoms with E-state index in [1.165, 1.54) is 42.4 Å². The maximum absolute atomic E-state index is 12.8. The van der Waals surface area contributed by atoms with Crippen LogP contribution in [0.4, 0.5) is 4.39 Å². The molecule has 0 aliphatic carbocycles. The van der Waals surface area contributed by atoms with Crippen LogP contribution >= 0.6 is 0 Å². The summed E-state index contributed by atoms with van der Waals surface area (Å²) in [6, 6.07) is 27.3. The molecule has 288 valence electrons. The third-order valence-corrected chi connectivity index (χ3v) is 7.43. The lowest BCUT2D eigenvalue weighted by molar-refractivity contribution is 0.0924. The van der Waals surface area contributed by atoms with Crippen molar-refractivity contribution in [2.24, 2.45) is 0 Å². The van der Waals surface area contributed by atoms with Gasteiger partial charge in [-0.25, -0.2) is 4.39 Å². The van der Waals surface area contributed by atoms with E-state index < -0.39 is 0 Å². The Hall–Kier alpha value is -7.33. The number of nitrogens with zero attached hydrogens (tertiary/aromatic N) is 3. The van der Waals surface area contributed by atoms with Crippen LogP contribution in [-0.2, 0) is 11.2 Å². The highest BCUT2D eigenvalue weighted by atomic mass is 19.1. The van der Waals surface area contributed by atoms with Crippen molar-refractivity contribution in [2.45, 2.75) is 6.42 Å². The fourth-order valence-electron chi connectivity index (χ4n) is 4.63.